The molecule has 0 unspecified atom stereocenters. The molecule has 3 aromatic rings. The first-order valence-electron chi connectivity index (χ1n) is 10.2. The summed E-state index contributed by atoms with van der Waals surface area (Å²) >= 11 is 0. The van der Waals surface area contributed by atoms with Crippen LogP contribution in [-0.2, 0) is 11.3 Å². The highest BCUT2D eigenvalue weighted by Gasteiger charge is 2.19. The molecule has 0 atom stereocenters. The average molecular weight is 401 g/mol. The number of ether oxygens (including phenoxy) is 1. The molecule has 0 saturated carbocycles. The molecule has 0 aliphatic carbocycles. The number of hydrogen-bond acceptors (Lipinski definition) is 5. The second-order valence-corrected chi connectivity index (χ2v) is 7.39. The van der Waals surface area contributed by atoms with Crippen LogP contribution in [0.15, 0.2) is 48.7 Å². The first-order chi connectivity index (χ1) is 14.8. The number of rotatable bonds is 4. The topological polar surface area (TPSA) is 72.3 Å². The van der Waals surface area contributed by atoms with E-state index < -0.39 is 0 Å². The fourth-order valence-corrected chi connectivity index (χ4v) is 3.78. The van der Waals surface area contributed by atoms with Crippen molar-refractivity contribution in [3.05, 3.63) is 65.6 Å². The lowest BCUT2D eigenvalue weighted by molar-refractivity contribution is 0.0924. The minimum atomic E-state index is -0.0744. The van der Waals surface area contributed by atoms with Crippen molar-refractivity contribution >= 4 is 23.7 Å². The third-order valence-electron chi connectivity index (χ3n) is 5.41. The molecule has 30 heavy (non-hydrogen) atoms. The fraction of sp³-hybridized carbons (Fsp3) is 0.261. The van der Waals surface area contributed by atoms with E-state index in [0.717, 1.165) is 48.8 Å². The van der Waals surface area contributed by atoms with Gasteiger partial charge in [-0.15, -0.1) is 0 Å². The minimum absolute atomic E-state index is 0.0744. The zero-order valence-electron chi connectivity index (χ0n) is 16.6. The summed E-state index contributed by atoms with van der Waals surface area (Å²) in [4.78, 5) is 18.8. The SMILES string of the molecule is O=C1NCCn2nc(-c3ccnc(C=Cc4ccc(N5CCOCC5)cc4)c3)cc21. The van der Waals surface area contributed by atoms with E-state index in [0.29, 0.717) is 18.8 Å². The summed E-state index contributed by atoms with van der Waals surface area (Å²) in [5.74, 6) is -0.0744. The zero-order valence-corrected chi connectivity index (χ0v) is 16.6. The van der Waals surface area contributed by atoms with Gasteiger partial charge in [-0.05, 0) is 42.0 Å². The molecule has 1 aromatic carbocycles. The third-order valence-corrected chi connectivity index (χ3v) is 5.41. The van der Waals surface area contributed by atoms with E-state index in [9.17, 15) is 4.79 Å². The smallest absolute Gasteiger partial charge is 0.269 e. The minimum Gasteiger partial charge on any atom is -0.378 e. The van der Waals surface area contributed by atoms with E-state index in [1.165, 1.54) is 5.69 Å². The average Bonchev–Trinajstić information content (AvgIpc) is 3.25. The number of anilines is 1. The Hall–Kier alpha value is -3.45. The number of nitrogens with one attached hydrogen (secondary N) is 1. The molecular weight excluding hydrogens is 378 g/mol. The molecule has 5 rings (SSSR count). The third kappa shape index (κ3) is 3.84. The van der Waals surface area contributed by atoms with Crippen LogP contribution in [0, 0.1) is 0 Å². The van der Waals surface area contributed by atoms with Gasteiger partial charge in [0.2, 0.25) is 0 Å². The van der Waals surface area contributed by atoms with Gasteiger partial charge >= 0.3 is 0 Å². The van der Waals surface area contributed by atoms with Gasteiger partial charge < -0.3 is 15.0 Å². The van der Waals surface area contributed by atoms with Gasteiger partial charge in [-0.25, -0.2) is 0 Å². The number of benzene rings is 1. The van der Waals surface area contributed by atoms with E-state index in [1.807, 2.05) is 24.3 Å². The van der Waals surface area contributed by atoms with E-state index in [-0.39, 0.29) is 5.91 Å². The van der Waals surface area contributed by atoms with Gasteiger partial charge in [-0.3, -0.25) is 14.5 Å². The van der Waals surface area contributed by atoms with Crippen LogP contribution in [-0.4, -0.2) is 53.5 Å². The Balaban J connectivity index is 1.32. The van der Waals surface area contributed by atoms with E-state index in [2.05, 4.69) is 50.6 Å². The number of nitrogens with zero attached hydrogens (tertiary/aromatic N) is 4. The maximum absolute atomic E-state index is 12.0. The molecule has 1 N–H and O–H groups in total. The molecular formula is C23H23N5O2. The summed E-state index contributed by atoms with van der Waals surface area (Å²) in [5, 5.41) is 7.42. The van der Waals surface area contributed by atoms with Crippen molar-refractivity contribution in [1.82, 2.24) is 20.1 Å². The highest BCUT2D eigenvalue weighted by molar-refractivity contribution is 5.94. The van der Waals surface area contributed by atoms with Crippen LogP contribution in [0.5, 0.6) is 0 Å². The molecule has 2 aliphatic heterocycles. The highest BCUT2D eigenvalue weighted by atomic mass is 16.5. The first kappa shape index (κ1) is 18.6. The standard InChI is InChI=1S/C23H23N5O2/c29-23-22-16-21(26-28(22)10-9-25-23)18-7-8-24-19(15-18)4-1-17-2-5-20(6-3-17)27-11-13-30-14-12-27/h1-8,15-16H,9-14H2,(H,25,29). The van der Waals surface area contributed by atoms with Gasteiger partial charge in [-0.1, -0.05) is 18.2 Å². The predicted octanol–water partition coefficient (Wildman–Crippen LogP) is 2.70. The number of pyridine rings is 1. The summed E-state index contributed by atoms with van der Waals surface area (Å²) in [6.45, 7) is 4.75. The zero-order chi connectivity index (χ0) is 20.3. The Kier molecular flexibility index (Phi) is 5.03. The summed E-state index contributed by atoms with van der Waals surface area (Å²) in [6, 6.07) is 14.3. The number of aromatic nitrogens is 3. The summed E-state index contributed by atoms with van der Waals surface area (Å²) < 4.78 is 7.18. The molecule has 1 saturated heterocycles. The summed E-state index contributed by atoms with van der Waals surface area (Å²) in [6.07, 6.45) is 5.83. The first-order valence-corrected chi connectivity index (χ1v) is 10.2. The molecule has 2 aromatic heterocycles. The van der Waals surface area contributed by atoms with Crippen LogP contribution in [0.4, 0.5) is 5.69 Å². The number of hydrogen-bond donors (Lipinski definition) is 1. The van der Waals surface area contributed by atoms with Crippen LogP contribution in [0.2, 0.25) is 0 Å². The van der Waals surface area contributed by atoms with Crippen LogP contribution in [0.1, 0.15) is 21.7 Å². The van der Waals surface area contributed by atoms with Crippen molar-refractivity contribution in [2.45, 2.75) is 6.54 Å². The van der Waals surface area contributed by atoms with Crippen LogP contribution in [0.3, 0.4) is 0 Å². The second-order valence-electron chi connectivity index (χ2n) is 7.39. The maximum Gasteiger partial charge on any atom is 0.269 e. The maximum atomic E-state index is 12.0. The van der Waals surface area contributed by atoms with Gasteiger partial charge in [-0.2, -0.15) is 5.10 Å². The molecule has 2 aliphatic rings. The Bertz CT molecular complexity index is 1080. The fourth-order valence-electron chi connectivity index (χ4n) is 3.78. The Morgan fingerprint density at radius 3 is 2.63 bits per heavy atom. The Morgan fingerprint density at radius 2 is 1.83 bits per heavy atom. The molecule has 0 radical (unpaired) electrons. The molecule has 7 heteroatoms. The van der Waals surface area contributed by atoms with Crippen LogP contribution >= 0.6 is 0 Å². The van der Waals surface area contributed by atoms with Crippen molar-refractivity contribution in [1.29, 1.82) is 0 Å². The molecule has 0 spiro atoms. The van der Waals surface area contributed by atoms with Crippen LogP contribution < -0.4 is 10.2 Å². The molecule has 0 bridgehead atoms. The second kappa shape index (κ2) is 8.12. The molecule has 7 nitrogen and oxygen atoms in total. The molecule has 152 valence electrons. The largest absolute Gasteiger partial charge is 0.378 e. The number of fused-ring (bicyclic) bond motifs is 1. The van der Waals surface area contributed by atoms with Crippen LogP contribution in [0.25, 0.3) is 23.4 Å². The predicted molar refractivity (Wildman–Crippen MR) is 116 cm³/mol. The van der Waals surface area contributed by atoms with Gasteiger partial charge in [0.25, 0.3) is 5.91 Å². The lowest BCUT2D eigenvalue weighted by Crippen LogP contribution is -2.36. The van der Waals surface area contributed by atoms with Crippen molar-refractivity contribution in [3.8, 4) is 11.3 Å². The summed E-state index contributed by atoms with van der Waals surface area (Å²) in [7, 11) is 0. The molecule has 1 amide bonds. The molecule has 4 heterocycles. The van der Waals surface area contributed by atoms with E-state index in [1.54, 1.807) is 10.9 Å². The monoisotopic (exact) mass is 401 g/mol. The van der Waals surface area contributed by atoms with E-state index >= 15 is 0 Å². The van der Waals surface area contributed by atoms with Crippen molar-refractivity contribution in [3.63, 3.8) is 0 Å². The highest BCUT2D eigenvalue weighted by Crippen LogP contribution is 2.22. The Labute approximate surface area is 175 Å². The van der Waals surface area contributed by atoms with Gasteiger partial charge in [0, 0.05) is 37.1 Å². The van der Waals surface area contributed by atoms with Gasteiger partial charge in [0.15, 0.2) is 0 Å². The normalized spacial score (nSPS) is 16.5. The van der Waals surface area contributed by atoms with Crippen molar-refractivity contribution in [2.75, 3.05) is 37.7 Å². The number of amides is 1. The number of morpholine rings is 1. The van der Waals surface area contributed by atoms with Gasteiger partial charge in [0.05, 0.1) is 31.1 Å². The number of carbonyl (C=O) groups excluding carboxylic acids is 1. The molecule has 1 fully saturated rings. The van der Waals surface area contributed by atoms with Gasteiger partial charge in [0.1, 0.15) is 5.69 Å². The van der Waals surface area contributed by atoms with Crippen molar-refractivity contribution < 1.29 is 9.53 Å². The van der Waals surface area contributed by atoms with Crippen molar-refractivity contribution in [2.24, 2.45) is 0 Å². The quantitative estimate of drug-likeness (QED) is 0.728. The lowest BCUT2D eigenvalue weighted by Gasteiger charge is -2.28. The summed E-state index contributed by atoms with van der Waals surface area (Å²) in [5.41, 5.74) is 5.53. The van der Waals surface area contributed by atoms with E-state index in [4.69, 9.17) is 4.74 Å². The number of carbonyl (C=O) groups is 1. The Morgan fingerprint density at radius 1 is 1.00 bits per heavy atom. The lowest BCUT2D eigenvalue weighted by atomic mass is 10.1.